The van der Waals surface area contributed by atoms with Gasteiger partial charge >= 0.3 is 0 Å². The molecule has 0 saturated heterocycles. The Labute approximate surface area is 830 Å². The minimum Gasteiger partial charge on any atom is -0.309 e. The number of para-hydroxylation sites is 4. The molecule has 15 heteroatoms. The monoisotopic (exact) mass is 1840 g/mol. The van der Waals surface area contributed by atoms with Gasteiger partial charge in [0, 0.05) is 110 Å². The van der Waals surface area contributed by atoms with Gasteiger partial charge in [0.2, 0.25) is 0 Å². The lowest BCUT2D eigenvalue weighted by Crippen LogP contribution is -2.14. The van der Waals surface area contributed by atoms with Crippen LogP contribution in [0.3, 0.4) is 0 Å². The van der Waals surface area contributed by atoms with Crippen molar-refractivity contribution < 1.29 is 0 Å². The van der Waals surface area contributed by atoms with Crippen LogP contribution in [0.25, 0.3) is 253 Å². The van der Waals surface area contributed by atoms with Crippen LogP contribution in [0.2, 0.25) is 0 Å². The zero-order valence-electron chi connectivity index (χ0n) is 78.3. The lowest BCUT2D eigenvalue weighted by atomic mass is 9.82. The van der Waals surface area contributed by atoms with Crippen molar-refractivity contribution in [1.29, 1.82) is 0 Å². The zero-order chi connectivity index (χ0) is 95.7. The van der Waals surface area contributed by atoms with E-state index in [-0.39, 0.29) is 5.41 Å². The second-order valence-corrected chi connectivity index (χ2v) is 36.6. The lowest BCUT2D eigenvalue weighted by Gasteiger charge is -2.21. The van der Waals surface area contributed by atoms with Gasteiger partial charge in [-0.15, -0.1) is 0 Å². The third-order valence-electron chi connectivity index (χ3n) is 27.6. The standard InChI is InChI=1S/C66H42N8.C63H43N7/c1-6-20-43(21-7-1)44-34-36-48(37-35-44)64-68-63(47-26-12-4-13-27-47)71-66(72-64)53-42-49(65-69-61(45-22-8-2-9-23-45)67-62(70-65)46-24-10-3-11-25-46)38-39-56(53)74-55-33-19-17-31-52(55)60-58(74)41-40-57-59(60)51-30-16-18-32-54(51)73(57)50-28-14-5-15-29-50;1-63(2)50-32-17-15-30-47(50)55-51(63)35-37-54-56(55)48-31-16-18-33-52(48)70(54)53-36-34-46(39-49(53)62-68-58(42-24-11-5-12-25-42)64-59(69-62)43-26-13-6-14-27-43)61-66-57(41-22-9-4-10-23-41)65-60(67-61)45-29-19-28-44(38-45)40-20-7-3-8-21-40/h1-42H;3-39H,1-2H3. The second-order valence-electron chi connectivity index (χ2n) is 36.6. The van der Waals surface area contributed by atoms with Crippen molar-refractivity contribution in [2.45, 2.75) is 19.3 Å². The van der Waals surface area contributed by atoms with Gasteiger partial charge in [0.25, 0.3) is 0 Å². The molecule has 0 fully saturated rings. The molecular weight excluding hydrogens is 1760 g/mol. The van der Waals surface area contributed by atoms with Gasteiger partial charge in [0.05, 0.1) is 44.5 Å². The molecule has 0 amide bonds. The number of benzene rings is 19. The van der Waals surface area contributed by atoms with Crippen LogP contribution in [0.1, 0.15) is 25.0 Å². The number of aromatic nitrogens is 15. The highest BCUT2D eigenvalue weighted by atomic mass is 15.1. The minimum atomic E-state index is -0.159. The van der Waals surface area contributed by atoms with Crippen LogP contribution in [0.15, 0.2) is 479 Å². The molecule has 0 atom stereocenters. The molecule has 1 aliphatic carbocycles. The maximum atomic E-state index is 5.43. The van der Waals surface area contributed by atoms with Crippen molar-refractivity contribution in [3.63, 3.8) is 0 Å². The number of hydrogen-bond acceptors (Lipinski definition) is 12. The highest BCUT2D eigenvalue weighted by molar-refractivity contribution is 6.29. The van der Waals surface area contributed by atoms with Gasteiger partial charge in [0.15, 0.2) is 69.9 Å². The Bertz CT molecular complexity index is 9320. The number of rotatable bonds is 17. The first kappa shape index (κ1) is 85.1. The maximum Gasteiger partial charge on any atom is 0.166 e. The molecule has 676 valence electrons. The van der Waals surface area contributed by atoms with Crippen molar-refractivity contribution in [2.75, 3.05) is 0 Å². The number of fused-ring (bicyclic) bond motifs is 14. The van der Waals surface area contributed by atoms with Gasteiger partial charge in [-0.05, 0) is 136 Å². The van der Waals surface area contributed by atoms with E-state index >= 15 is 0 Å². The zero-order valence-corrected chi connectivity index (χ0v) is 78.3. The lowest BCUT2D eigenvalue weighted by molar-refractivity contribution is 0.661. The van der Waals surface area contributed by atoms with Crippen LogP contribution in [-0.2, 0) is 5.41 Å². The highest BCUT2D eigenvalue weighted by Gasteiger charge is 2.38. The molecule has 7 heterocycles. The Hall–Kier alpha value is -19.4. The molecule has 0 radical (unpaired) electrons. The van der Waals surface area contributed by atoms with Crippen molar-refractivity contribution in [3.05, 3.63) is 490 Å². The Morgan fingerprint density at radius 3 is 0.819 bits per heavy atom. The molecule has 26 aromatic rings. The first-order valence-corrected chi connectivity index (χ1v) is 48.3. The molecular formula is C129H85N15. The summed E-state index contributed by atoms with van der Waals surface area (Å²) in [5, 5.41) is 7.07. The van der Waals surface area contributed by atoms with Crippen LogP contribution in [0, 0.1) is 0 Å². The van der Waals surface area contributed by atoms with Gasteiger partial charge in [0.1, 0.15) is 0 Å². The summed E-state index contributed by atoms with van der Waals surface area (Å²) in [6.07, 6.45) is 0. The van der Waals surface area contributed by atoms with E-state index in [0.29, 0.717) is 69.9 Å². The van der Waals surface area contributed by atoms with Gasteiger partial charge in [-0.25, -0.2) is 59.8 Å². The molecule has 15 nitrogen and oxygen atoms in total. The van der Waals surface area contributed by atoms with Crippen molar-refractivity contribution >= 4 is 65.4 Å². The summed E-state index contributed by atoms with van der Waals surface area (Å²) >= 11 is 0. The van der Waals surface area contributed by atoms with E-state index in [1.165, 1.54) is 43.8 Å². The van der Waals surface area contributed by atoms with E-state index in [9.17, 15) is 0 Å². The molecule has 1 aliphatic rings. The summed E-state index contributed by atoms with van der Waals surface area (Å²) in [4.78, 5) is 62.9. The molecule has 0 aliphatic heterocycles. The molecule has 144 heavy (non-hydrogen) atoms. The molecule has 7 aromatic heterocycles. The average Bonchev–Trinajstić information content (AvgIpc) is 1.54. The Morgan fingerprint density at radius 1 is 0.160 bits per heavy atom. The fourth-order valence-electron chi connectivity index (χ4n) is 20.7. The number of nitrogens with zero attached hydrogens (tertiary/aromatic N) is 15. The van der Waals surface area contributed by atoms with Gasteiger partial charge < -0.3 is 13.7 Å². The Morgan fingerprint density at radius 2 is 0.417 bits per heavy atom. The Balaban J connectivity index is 0.000000147. The maximum absolute atomic E-state index is 5.43. The highest BCUT2D eigenvalue weighted by Crippen LogP contribution is 2.55. The molecule has 0 N–H and O–H groups in total. The summed E-state index contributed by atoms with van der Waals surface area (Å²) < 4.78 is 7.13. The van der Waals surface area contributed by atoms with Crippen molar-refractivity contribution in [2.24, 2.45) is 0 Å². The SMILES string of the molecule is CC1(C)c2ccccc2-c2c1ccc1c2c2ccccc2n1-c1ccc(-c2nc(-c3ccccc3)nc(-c3cccc(-c4ccccc4)c3)n2)cc1-c1nc(-c2ccccc2)nc(-c2ccccc2)n1.c1ccc(-c2ccc(-c3nc(-c4ccccc4)nc(-c4cc(-c5nc(-c6ccccc6)nc(-c6ccccc6)n5)ccc4-n4c5ccccc5c5c6c7ccccc7n(-c7ccccc7)c6ccc54)n3)cc2)cc1. The molecule has 0 bridgehead atoms. The fourth-order valence-corrected chi connectivity index (χ4v) is 20.7. The average molecular weight is 1850 g/mol. The van der Waals surface area contributed by atoms with Gasteiger partial charge in [-0.3, -0.25) is 0 Å². The summed E-state index contributed by atoms with van der Waals surface area (Å²) in [5.41, 5.74) is 29.2. The molecule has 0 saturated carbocycles. The summed E-state index contributed by atoms with van der Waals surface area (Å²) in [7, 11) is 0. The summed E-state index contributed by atoms with van der Waals surface area (Å²) in [6.45, 7) is 4.68. The van der Waals surface area contributed by atoms with Crippen LogP contribution < -0.4 is 0 Å². The Kier molecular flexibility index (Phi) is 21.2. The molecule has 19 aromatic carbocycles. The molecule has 27 rings (SSSR count). The van der Waals surface area contributed by atoms with E-state index in [4.69, 9.17) is 59.8 Å². The van der Waals surface area contributed by atoms with Crippen LogP contribution in [0.5, 0.6) is 0 Å². The first-order valence-electron chi connectivity index (χ1n) is 48.3. The van der Waals surface area contributed by atoms with Crippen LogP contribution >= 0.6 is 0 Å². The summed E-state index contributed by atoms with van der Waals surface area (Å²) in [5.74, 6) is 6.66. The minimum absolute atomic E-state index is 0.159. The summed E-state index contributed by atoms with van der Waals surface area (Å²) in [6, 6.07) is 166. The van der Waals surface area contributed by atoms with E-state index in [0.717, 1.165) is 150 Å². The third-order valence-corrected chi connectivity index (χ3v) is 27.6. The third kappa shape index (κ3) is 15.3. The smallest absolute Gasteiger partial charge is 0.166 e. The predicted molar refractivity (Wildman–Crippen MR) is 583 cm³/mol. The van der Waals surface area contributed by atoms with Crippen LogP contribution in [0.4, 0.5) is 0 Å². The normalized spacial score (nSPS) is 12.0. The van der Waals surface area contributed by atoms with E-state index in [1.54, 1.807) is 0 Å². The molecule has 0 unspecified atom stereocenters. The van der Waals surface area contributed by atoms with Crippen molar-refractivity contribution in [3.8, 4) is 187 Å². The van der Waals surface area contributed by atoms with Crippen LogP contribution in [-0.4, -0.2) is 73.5 Å². The van der Waals surface area contributed by atoms with Gasteiger partial charge in [-0.1, -0.05) is 402 Å². The van der Waals surface area contributed by atoms with E-state index in [2.05, 4.69) is 313 Å². The number of hydrogen-bond donors (Lipinski definition) is 0. The first-order chi connectivity index (χ1) is 71.2. The second kappa shape index (κ2) is 35.9. The molecule has 0 spiro atoms. The van der Waals surface area contributed by atoms with E-state index < -0.39 is 0 Å². The largest absolute Gasteiger partial charge is 0.309 e. The fraction of sp³-hybridized carbons (Fsp3) is 0.0233. The predicted octanol–water partition coefficient (Wildman–Crippen LogP) is 31.0. The van der Waals surface area contributed by atoms with E-state index in [1.807, 2.05) is 194 Å². The quantitative estimate of drug-likeness (QED) is 0.0847. The van der Waals surface area contributed by atoms with Crippen molar-refractivity contribution in [1.82, 2.24) is 73.5 Å². The topological polar surface area (TPSA) is 169 Å². The van der Waals surface area contributed by atoms with Gasteiger partial charge in [-0.2, -0.15) is 0 Å².